The predicted octanol–water partition coefficient (Wildman–Crippen LogP) is 3.44. The highest BCUT2D eigenvalue weighted by molar-refractivity contribution is 5.86. The Bertz CT molecular complexity index is 922. The number of ether oxygens (including phenoxy) is 1. The van der Waals surface area contributed by atoms with Crippen LogP contribution in [0.25, 0.3) is 0 Å². The Balaban J connectivity index is 1.72. The molecule has 2 aliphatic rings. The molecular weight excluding hydrogens is 390 g/mol. The third-order valence-electron chi connectivity index (χ3n) is 6.55. The van der Waals surface area contributed by atoms with Crippen LogP contribution in [0.2, 0.25) is 0 Å². The summed E-state index contributed by atoms with van der Waals surface area (Å²) in [5, 5.41) is 10.5. The molecule has 6 nitrogen and oxygen atoms in total. The first-order valence-corrected chi connectivity index (χ1v) is 11.0. The molecule has 1 amide bonds. The lowest BCUT2D eigenvalue weighted by Gasteiger charge is -2.32. The average molecular weight is 424 g/mol. The van der Waals surface area contributed by atoms with Gasteiger partial charge < -0.3 is 14.7 Å². The summed E-state index contributed by atoms with van der Waals surface area (Å²) in [7, 11) is 1.68. The second kappa shape index (κ2) is 8.61. The van der Waals surface area contributed by atoms with Crippen LogP contribution in [0.3, 0.4) is 0 Å². The fourth-order valence-electron chi connectivity index (χ4n) is 4.93. The Hall–Kier alpha value is -2.41. The number of para-hydroxylation sites is 1. The van der Waals surface area contributed by atoms with Crippen molar-refractivity contribution in [1.82, 2.24) is 15.8 Å². The number of aromatic hydroxyl groups is 1. The van der Waals surface area contributed by atoms with E-state index in [2.05, 4.69) is 55.9 Å². The van der Waals surface area contributed by atoms with Crippen LogP contribution in [0.1, 0.15) is 56.0 Å². The van der Waals surface area contributed by atoms with E-state index in [1.807, 2.05) is 23.1 Å². The normalized spacial score (nSPS) is 25.8. The van der Waals surface area contributed by atoms with Gasteiger partial charge in [-0.25, -0.2) is 10.9 Å². The maximum Gasteiger partial charge on any atom is 0.242 e. The van der Waals surface area contributed by atoms with Crippen LogP contribution in [0, 0.1) is 5.92 Å². The minimum Gasteiger partial charge on any atom is -0.508 e. The number of phenols is 1. The minimum absolute atomic E-state index is 0.0381. The van der Waals surface area contributed by atoms with E-state index in [0.717, 1.165) is 17.5 Å². The first-order valence-electron chi connectivity index (χ1n) is 11.0. The molecule has 0 spiro atoms. The van der Waals surface area contributed by atoms with Gasteiger partial charge in [-0.05, 0) is 29.0 Å². The Labute approximate surface area is 184 Å². The van der Waals surface area contributed by atoms with Crippen molar-refractivity contribution in [3.63, 3.8) is 0 Å². The molecule has 0 radical (unpaired) electrons. The highest BCUT2D eigenvalue weighted by Crippen LogP contribution is 2.48. The van der Waals surface area contributed by atoms with Gasteiger partial charge in [0.15, 0.2) is 0 Å². The third kappa shape index (κ3) is 4.07. The predicted molar refractivity (Wildman–Crippen MR) is 120 cm³/mol. The van der Waals surface area contributed by atoms with Crippen molar-refractivity contribution in [2.45, 2.75) is 50.7 Å². The summed E-state index contributed by atoms with van der Waals surface area (Å²) in [6.45, 7) is 7.86. The van der Waals surface area contributed by atoms with Crippen LogP contribution in [-0.2, 0) is 14.9 Å². The number of hydrogen-bond acceptors (Lipinski definition) is 5. The van der Waals surface area contributed by atoms with Crippen molar-refractivity contribution in [2.24, 2.45) is 5.92 Å². The first-order chi connectivity index (χ1) is 14.8. The molecule has 4 atom stereocenters. The van der Waals surface area contributed by atoms with Crippen molar-refractivity contribution in [3.05, 3.63) is 65.2 Å². The van der Waals surface area contributed by atoms with Crippen LogP contribution < -0.4 is 10.9 Å². The van der Waals surface area contributed by atoms with Gasteiger partial charge in [-0.3, -0.25) is 4.79 Å². The van der Waals surface area contributed by atoms with E-state index >= 15 is 0 Å². The maximum atomic E-state index is 13.4. The molecule has 0 saturated carbocycles. The van der Waals surface area contributed by atoms with Gasteiger partial charge in [-0.1, -0.05) is 63.2 Å². The van der Waals surface area contributed by atoms with Crippen LogP contribution in [0.4, 0.5) is 0 Å². The van der Waals surface area contributed by atoms with E-state index in [-0.39, 0.29) is 41.1 Å². The van der Waals surface area contributed by atoms with E-state index < -0.39 is 0 Å². The highest BCUT2D eigenvalue weighted by Gasteiger charge is 2.55. The van der Waals surface area contributed by atoms with Crippen LogP contribution in [0.15, 0.2) is 48.5 Å². The number of amides is 1. The number of nitrogens with one attached hydrogen (secondary N) is 2. The van der Waals surface area contributed by atoms with Gasteiger partial charge in [0.05, 0.1) is 12.1 Å². The fraction of sp³-hybridized carbons (Fsp3) is 0.480. The molecule has 2 aromatic carbocycles. The SMILES string of the molecule is COCCCN1C(=O)C2NNC(c3ccccc3O)C2C1c1ccc(C(C)(C)C)cc1. The molecule has 0 bridgehead atoms. The number of phenolic OH excluding ortho intramolecular Hbond substituents is 1. The summed E-state index contributed by atoms with van der Waals surface area (Å²) < 4.78 is 5.23. The molecule has 0 aromatic heterocycles. The molecular formula is C25H33N3O3. The standard InChI is InChI=1S/C25H33N3O3/c1-25(2,3)17-12-10-16(11-13-17)23-20-21(18-8-5-6-9-19(18)29)26-27-22(20)24(30)28(23)14-7-15-31-4/h5-6,8-13,20-23,26-27,29H,7,14-15H2,1-4H3. The molecule has 0 aliphatic carbocycles. The molecule has 166 valence electrons. The molecule has 2 heterocycles. The molecule has 2 aliphatic heterocycles. The molecule has 4 unspecified atom stereocenters. The third-order valence-corrected chi connectivity index (χ3v) is 6.55. The summed E-state index contributed by atoms with van der Waals surface area (Å²) in [6.07, 6.45) is 0.785. The van der Waals surface area contributed by atoms with E-state index in [9.17, 15) is 9.90 Å². The summed E-state index contributed by atoms with van der Waals surface area (Å²) >= 11 is 0. The van der Waals surface area contributed by atoms with E-state index in [0.29, 0.717) is 13.2 Å². The van der Waals surface area contributed by atoms with Crippen LogP contribution >= 0.6 is 0 Å². The number of methoxy groups -OCH3 is 1. The molecule has 2 aromatic rings. The highest BCUT2D eigenvalue weighted by atomic mass is 16.5. The number of rotatable bonds is 6. The number of fused-ring (bicyclic) bond motifs is 1. The quantitative estimate of drug-likeness (QED) is 0.621. The van der Waals surface area contributed by atoms with Crippen molar-refractivity contribution in [1.29, 1.82) is 0 Å². The van der Waals surface area contributed by atoms with Gasteiger partial charge in [0.1, 0.15) is 11.8 Å². The van der Waals surface area contributed by atoms with Crippen molar-refractivity contribution < 1.29 is 14.6 Å². The average Bonchev–Trinajstić information content (AvgIpc) is 3.27. The monoisotopic (exact) mass is 423 g/mol. The second-order valence-corrected chi connectivity index (χ2v) is 9.58. The van der Waals surface area contributed by atoms with Gasteiger partial charge in [0, 0.05) is 31.7 Å². The lowest BCUT2D eigenvalue weighted by molar-refractivity contribution is -0.131. The number of carbonyl (C=O) groups excluding carboxylic acids is 1. The lowest BCUT2D eigenvalue weighted by atomic mass is 9.81. The second-order valence-electron chi connectivity index (χ2n) is 9.58. The zero-order valence-corrected chi connectivity index (χ0v) is 18.8. The zero-order chi connectivity index (χ0) is 22.2. The van der Waals surface area contributed by atoms with Crippen molar-refractivity contribution in [2.75, 3.05) is 20.3 Å². The molecule has 2 saturated heterocycles. The molecule has 31 heavy (non-hydrogen) atoms. The topological polar surface area (TPSA) is 73.8 Å². The molecule has 6 heteroatoms. The van der Waals surface area contributed by atoms with Gasteiger partial charge in [0.2, 0.25) is 5.91 Å². The Kier molecular flexibility index (Phi) is 6.06. The van der Waals surface area contributed by atoms with Gasteiger partial charge in [0.25, 0.3) is 0 Å². The Morgan fingerprint density at radius 3 is 2.35 bits per heavy atom. The molecule has 3 N–H and O–H groups in total. The van der Waals surface area contributed by atoms with Gasteiger partial charge in [-0.15, -0.1) is 0 Å². The number of likely N-dealkylation sites (tertiary alicyclic amines) is 1. The lowest BCUT2D eigenvalue weighted by Crippen LogP contribution is -2.41. The maximum absolute atomic E-state index is 13.4. The number of carbonyl (C=O) groups is 1. The Morgan fingerprint density at radius 1 is 1.03 bits per heavy atom. The molecule has 2 fully saturated rings. The summed E-state index contributed by atoms with van der Waals surface area (Å²) in [6, 6.07) is 15.4. The van der Waals surface area contributed by atoms with Crippen molar-refractivity contribution >= 4 is 5.91 Å². The first kappa shape index (κ1) is 21.8. The van der Waals surface area contributed by atoms with E-state index in [1.165, 1.54) is 5.56 Å². The Morgan fingerprint density at radius 2 is 1.71 bits per heavy atom. The van der Waals surface area contributed by atoms with Gasteiger partial charge in [-0.2, -0.15) is 0 Å². The number of nitrogens with zero attached hydrogens (tertiary/aromatic N) is 1. The summed E-state index contributed by atoms with van der Waals surface area (Å²) in [4.78, 5) is 15.4. The fourth-order valence-corrected chi connectivity index (χ4v) is 4.93. The van der Waals surface area contributed by atoms with Crippen LogP contribution in [0.5, 0.6) is 5.75 Å². The summed E-state index contributed by atoms with van der Waals surface area (Å²) in [5.41, 5.74) is 9.77. The minimum atomic E-state index is -0.334. The number of hydrazine groups is 1. The zero-order valence-electron chi connectivity index (χ0n) is 18.8. The number of hydrogen-bond donors (Lipinski definition) is 3. The smallest absolute Gasteiger partial charge is 0.242 e. The summed E-state index contributed by atoms with van der Waals surface area (Å²) in [5.74, 6) is 0.301. The van der Waals surface area contributed by atoms with E-state index in [1.54, 1.807) is 13.2 Å². The number of benzene rings is 2. The van der Waals surface area contributed by atoms with Crippen LogP contribution in [-0.4, -0.2) is 42.2 Å². The van der Waals surface area contributed by atoms with Gasteiger partial charge >= 0.3 is 0 Å². The molecule has 4 rings (SSSR count). The van der Waals surface area contributed by atoms with E-state index in [4.69, 9.17) is 4.74 Å². The largest absolute Gasteiger partial charge is 0.508 e. The van der Waals surface area contributed by atoms with Crippen molar-refractivity contribution in [3.8, 4) is 5.75 Å².